The predicted molar refractivity (Wildman–Crippen MR) is 52.8 cm³/mol. The maximum absolute atomic E-state index is 13.2. The van der Waals surface area contributed by atoms with E-state index in [4.69, 9.17) is 5.73 Å². The second-order valence-electron chi connectivity index (χ2n) is 2.73. The first kappa shape index (κ1) is 9.32. The molecule has 0 radical (unpaired) electrons. The molecule has 0 aliphatic rings. The monoisotopic (exact) mass is 232 g/mol. The van der Waals surface area contributed by atoms with Crippen molar-refractivity contribution in [2.24, 2.45) is 0 Å². The van der Waals surface area contributed by atoms with Crippen molar-refractivity contribution in [1.29, 1.82) is 0 Å². The molecule has 0 aromatic heterocycles. The Hall–Kier alpha value is -0.770. The Morgan fingerprint density at radius 1 is 1.42 bits per heavy atom. The summed E-state index contributed by atoms with van der Waals surface area (Å²) in [7, 11) is 3.55. The summed E-state index contributed by atoms with van der Waals surface area (Å²) in [5, 5.41) is 0. The van der Waals surface area contributed by atoms with Crippen LogP contribution in [0.2, 0.25) is 0 Å². The number of nitrogen functional groups attached to an aromatic ring is 1. The third-order valence-electron chi connectivity index (χ3n) is 1.49. The molecular formula is C8H10BrFN2. The fourth-order valence-corrected chi connectivity index (χ4v) is 1.82. The average molecular weight is 233 g/mol. The average Bonchev–Trinajstić information content (AvgIpc) is 1.82. The quantitative estimate of drug-likeness (QED) is 0.753. The minimum atomic E-state index is -0.313. The standard InChI is InChI=1S/C8H10BrFN2/c1-12(2)8-6(9)3-5(11)4-7(8)10/h3-4H,11H2,1-2H3. The minimum absolute atomic E-state index is 0.313. The zero-order chi connectivity index (χ0) is 9.30. The van der Waals surface area contributed by atoms with E-state index in [0.717, 1.165) is 0 Å². The van der Waals surface area contributed by atoms with E-state index in [-0.39, 0.29) is 5.82 Å². The molecule has 0 aliphatic carbocycles. The highest BCUT2D eigenvalue weighted by molar-refractivity contribution is 9.10. The zero-order valence-corrected chi connectivity index (χ0v) is 8.52. The topological polar surface area (TPSA) is 29.3 Å². The Balaban J connectivity index is 3.28. The molecular weight excluding hydrogens is 223 g/mol. The fraction of sp³-hybridized carbons (Fsp3) is 0.250. The van der Waals surface area contributed by atoms with Gasteiger partial charge in [-0.25, -0.2) is 4.39 Å². The van der Waals surface area contributed by atoms with Crippen molar-refractivity contribution in [3.8, 4) is 0 Å². The van der Waals surface area contributed by atoms with Crippen molar-refractivity contribution < 1.29 is 4.39 Å². The lowest BCUT2D eigenvalue weighted by Gasteiger charge is -2.15. The van der Waals surface area contributed by atoms with E-state index in [2.05, 4.69) is 15.9 Å². The molecule has 0 unspecified atom stereocenters. The fourth-order valence-electron chi connectivity index (χ4n) is 1.01. The summed E-state index contributed by atoms with van der Waals surface area (Å²) in [5.41, 5.74) is 6.38. The molecule has 66 valence electrons. The van der Waals surface area contributed by atoms with Crippen LogP contribution in [-0.4, -0.2) is 14.1 Å². The van der Waals surface area contributed by atoms with Gasteiger partial charge in [-0.15, -0.1) is 0 Å². The Labute approximate surface area is 79.3 Å². The molecule has 0 bridgehead atoms. The van der Waals surface area contributed by atoms with Crippen LogP contribution in [0.15, 0.2) is 16.6 Å². The largest absolute Gasteiger partial charge is 0.399 e. The van der Waals surface area contributed by atoms with Gasteiger partial charge in [0.15, 0.2) is 0 Å². The van der Waals surface area contributed by atoms with Crippen molar-refractivity contribution in [3.05, 3.63) is 22.4 Å². The minimum Gasteiger partial charge on any atom is -0.399 e. The normalized spacial score (nSPS) is 10.0. The van der Waals surface area contributed by atoms with Gasteiger partial charge < -0.3 is 10.6 Å². The summed E-state index contributed by atoms with van der Waals surface area (Å²) < 4.78 is 13.9. The first-order valence-electron chi connectivity index (χ1n) is 3.44. The highest BCUT2D eigenvalue weighted by Crippen LogP contribution is 2.29. The molecule has 0 fully saturated rings. The van der Waals surface area contributed by atoms with E-state index >= 15 is 0 Å². The van der Waals surface area contributed by atoms with Crippen molar-refractivity contribution in [3.63, 3.8) is 0 Å². The number of anilines is 2. The number of nitrogens with zero attached hydrogens (tertiary/aromatic N) is 1. The van der Waals surface area contributed by atoms with E-state index in [1.54, 1.807) is 25.1 Å². The third-order valence-corrected chi connectivity index (χ3v) is 2.09. The third kappa shape index (κ3) is 1.69. The van der Waals surface area contributed by atoms with Gasteiger partial charge >= 0.3 is 0 Å². The Kier molecular flexibility index (Phi) is 2.57. The molecule has 0 spiro atoms. The number of nitrogens with two attached hydrogens (primary N) is 1. The lowest BCUT2D eigenvalue weighted by Crippen LogP contribution is -2.11. The van der Waals surface area contributed by atoms with Gasteiger partial charge in [-0.3, -0.25) is 0 Å². The molecule has 2 nitrogen and oxygen atoms in total. The van der Waals surface area contributed by atoms with Crippen LogP contribution in [0.25, 0.3) is 0 Å². The van der Waals surface area contributed by atoms with E-state index in [1.165, 1.54) is 6.07 Å². The lowest BCUT2D eigenvalue weighted by molar-refractivity contribution is 0.626. The van der Waals surface area contributed by atoms with Gasteiger partial charge in [0.05, 0.1) is 5.69 Å². The van der Waals surface area contributed by atoms with Crippen molar-refractivity contribution in [1.82, 2.24) is 0 Å². The molecule has 1 rings (SSSR count). The number of hydrogen-bond acceptors (Lipinski definition) is 2. The molecule has 1 aromatic carbocycles. The van der Waals surface area contributed by atoms with Crippen LogP contribution in [0.1, 0.15) is 0 Å². The predicted octanol–water partition coefficient (Wildman–Crippen LogP) is 2.24. The van der Waals surface area contributed by atoms with Gasteiger partial charge in [-0.05, 0) is 28.1 Å². The molecule has 0 heterocycles. The van der Waals surface area contributed by atoms with E-state index in [1.807, 2.05) is 0 Å². The highest BCUT2D eigenvalue weighted by atomic mass is 79.9. The molecule has 0 atom stereocenters. The Morgan fingerprint density at radius 3 is 2.42 bits per heavy atom. The van der Waals surface area contributed by atoms with Crippen LogP contribution >= 0.6 is 15.9 Å². The summed E-state index contributed by atoms with van der Waals surface area (Å²) in [6, 6.07) is 2.98. The molecule has 12 heavy (non-hydrogen) atoms. The van der Waals surface area contributed by atoms with Crippen LogP contribution < -0.4 is 10.6 Å². The second kappa shape index (κ2) is 3.31. The smallest absolute Gasteiger partial charge is 0.149 e. The maximum atomic E-state index is 13.2. The van der Waals surface area contributed by atoms with Crippen LogP contribution in [0, 0.1) is 5.82 Å². The second-order valence-corrected chi connectivity index (χ2v) is 3.58. The summed E-state index contributed by atoms with van der Waals surface area (Å²) in [6.07, 6.45) is 0. The van der Waals surface area contributed by atoms with Crippen molar-refractivity contribution in [2.75, 3.05) is 24.7 Å². The molecule has 0 saturated carbocycles. The van der Waals surface area contributed by atoms with Crippen LogP contribution in [-0.2, 0) is 0 Å². The molecule has 0 saturated heterocycles. The van der Waals surface area contributed by atoms with Gasteiger partial charge in [0, 0.05) is 24.3 Å². The summed E-state index contributed by atoms with van der Waals surface area (Å²) in [5.74, 6) is -0.313. The van der Waals surface area contributed by atoms with E-state index in [9.17, 15) is 4.39 Å². The lowest BCUT2D eigenvalue weighted by atomic mass is 10.2. The molecule has 2 N–H and O–H groups in total. The highest BCUT2D eigenvalue weighted by Gasteiger charge is 2.09. The molecule has 4 heteroatoms. The number of hydrogen-bond donors (Lipinski definition) is 1. The zero-order valence-electron chi connectivity index (χ0n) is 6.94. The van der Waals surface area contributed by atoms with Crippen LogP contribution in [0.3, 0.4) is 0 Å². The van der Waals surface area contributed by atoms with E-state index < -0.39 is 0 Å². The van der Waals surface area contributed by atoms with Gasteiger partial charge in [0.25, 0.3) is 0 Å². The molecule has 0 amide bonds. The Bertz CT molecular complexity index is 276. The van der Waals surface area contributed by atoms with Gasteiger partial charge in [-0.2, -0.15) is 0 Å². The number of rotatable bonds is 1. The van der Waals surface area contributed by atoms with Gasteiger partial charge in [0.1, 0.15) is 5.82 Å². The van der Waals surface area contributed by atoms with Crippen LogP contribution in [0.5, 0.6) is 0 Å². The van der Waals surface area contributed by atoms with Crippen molar-refractivity contribution >= 4 is 27.3 Å². The Morgan fingerprint density at radius 2 is 2.00 bits per heavy atom. The van der Waals surface area contributed by atoms with Gasteiger partial charge in [0.2, 0.25) is 0 Å². The summed E-state index contributed by atoms with van der Waals surface area (Å²) >= 11 is 3.24. The van der Waals surface area contributed by atoms with Crippen molar-refractivity contribution in [2.45, 2.75) is 0 Å². The summed E-state index contributed by atoms with van der Waals surface area (Å²) in [6.45, 7) is 0. The van der Waals surface area contributed by atoms with Crippen LogP contribution in [0.4, 0.5) is 15.8 Å². The number of halogens is 2. The maximum Gasteiger partial charge on any atom is 0.149 e. The molecule has 1 aromatic rings. The molecule has 0 aliphatic heterocycles. The number of benzene rings is 1. The first-order chi connectivity index (χ1) is 5.52. The van der Waals surface area contributed by atoms with Gasteiger partial charge in [-0.1, -0.05) is 0 Å². The first-order valence-corrected chi connectivity index (χ1v) is 4.23. The van der Waals surface area contributed by atoms with E-state index in [0.29, 0.717) is 15.8 Å². The SMILES string of the molecule is CN(C)c1c(F)cc(N)cc1Br. The summed E-state index contributed by atoms with van der Waals surface area (Å²) in [4.78, 5) is 1.69.